The van der Waals surface area contributed by atoms with E-state index >= 15 is 0 Å². The van der Waals surface area contributed by atoms with Gasteiger partial charge in [-0.15, -0.1) is 9.89 Å². The number of benzene rings is 1. The number of hydrogen-bond acceptors (Lipinski definition) is 7. The van der Waals surface area contributed by atoms with E-state index in [1.165, 1.54) is 19.0 Å². The molecule has 8 nitrogen and oxygen atoms in total. The Bertz CT molecular complexity index is 930. The number of hydrazine groups is 1. The van der Waals surface area contributed by atoms with Gasteiger partial charge in [-0.2, -0.15) is 15.2 Å². The molecule has 3 aliphatic heterocycles. The lowest BCUT2D eigenvalue weighted by Gasteiger charge is -2.39. The summed E-state index contributed by atoms with van der Waals surface area (Å²) in [6.45, 7) is 0.573. The van der Waals surface area contributed by atoms with Gasteiger partial charge in [-0.05, 0) is 30.2 Å². The smallest absolute Gasteiger partial charge is 0.162 e. The van der Waals surface area contributed by atoms with Crippen molar-refractivity contribution in [2.75, 3.05) is 23.4 Å². The monoisotopic (exact) mass is 338 g/mol. The highest BCUT2D eigenvalue weighted by Gasteiger charge is 2.43. The number of halogens is 1. The van der Waals surface area contributed by atoms with Crippen LogP contribution in [0.5, 0.6) is 0 Å². The summed E-state index contributed by atoms with van der Waals surface area (Å²) >= 11 is 0. The molecule has 9 heteroatoms. The molecule has 0 unspecified atom stereocenters. The first-order valence-electron chi connectivity index (χ1n) is 8.35. The van der Waals surface area contributed by atoms with Crippen molar-refractivity contribution < 1.29 is 4.48 Å². The van der Waals surface area contributed by atoms with Crippen LogP contribution in [-0.2, 0) is 0 Å². The van der Waals surface area contributed by atoms with Gasteiger partial charge in [-0.25, -0.2) is 4.99 Å². The molecular weight excluding hydrogens is 323 g/mol. The van der Waals surface area contributed by atoms with Gasteiger partial charge in [0.15, 0.2) is 18.3 Å². The molecule has 0 saturated heterocycles. The number of para-hydroxylation sites is 1. The van der Waals surface area contributed by atoms with E-state index in [1.54, 1.807) is 4.79 Å². The minimum absolute atomic E-state index is 0.161. The van der Waals surface area contributed by atoms with Crippen molar-refractivity contribution in [2.24, 2.45) is 4.99 Å². The summed E-state index contributed by atoms with van der Waals surface area (Å²) in [6, 6.07) is 7.94. The summed E-state index contributed by atoms with van der Waals surface area (Å²) in [5, 5.41) is 13.0. The third kappa shape index (κ3) is 1.77. The molecule has 6 rings (SSSR count). The average molecular weight is 338 g/mol. The van der Waals surface area contributed by atoms with Crippen LogP contribution >= 0.6 is 0 Å². The summed E-state index contributed by atoms with van der Waals surface area (Å²) < 4.78 is 14.0. The topological polar surface area (TPSA) is 56.0 Å². The summed E-state index contributed by atoms with van der Waals surface area (Å²) in [5.74, 6) is 2.06. The van der Waals surface area contributed by atoms with E-state index in [2.05, 4.69) is 15.3 Å². The maximum atomic E-state index is 14.0. The Morgan fingerprint density at radius 1 is 1.16 bits per heavy atom. The highest BCUT2D eigenvalue weighted by molar-refractivity contribution is 6.08. The zero-order valence-corrected chi connectivity index (χ0v) is 13.3. The van der Waals surface area contributed by atoms with E-state index in [-0.39, 0.29) is 6.67 Å². The van der Waals surface area contributed by atoms with Crippen LogP contribution in [0, 0.1) is 0 Å². The SMILES string of the molecule is FN1C=C2N(C1)c1ccccc1C1=NCN(n3cc(C4CC4)nn3)N21. The molecule has 1 fully saturated rings. The first-order valence-corrected chi connectivity index (χ1v) is 8.35. The Balaban J connectivity index is 1.46. The molecule has 2 aromatic rings. The van der Waals surface area contributed by atoms with Crippen molar-refractivity contribution in [3.63, 3.8) is 0 Å². The Labute approximate surface area is 142 Å². The van der Waals surface area contributed by atoms with Gasteiger partial charge in [0.05, 0.1) is 23.8 Å². The lowest BCUT2D eigenvalue weighted by molar-refractivity contribution is 0.104. The molecule has 1 aliphatic carbocycles. The molecule has 1 aromatic carbocycles. The molecule has 0 bridgehead atoms. The summed E-state index contributed by atoms with van der Waals surface area (Å²) in [4.78, 5) is 8.33. The normalized spacial score (nSPS) is 21.2. The standard InChI is InChI=1S/C16H15FN8/c17-21-8-15-22(10-21)14-4-2-1-3-12(14)16-18-9-24(25(15)16)23-7-13(19-20-23)11-5-6-11/h1-4,7-8,11H,5-6,9-10H2. The fourth-order valence-electron chi connectivity index (χ4n) is 3.61. The summed E-state index contributed by atoms with van der Waals surface area (Å²) in [6.07, 6.45) is 5.78. The molecule has 0 radical (unpaired) electrons. The van der Waals surface area contributed by atoms with Crippen molar-refractivity contribution in [1.82, 2.24) is 25.2 Å². The lowest BCUT2D eigenvalue weighted by Crippen LogP contribution is -2.53. The van der Waals surface area contributed by atoms with Gasteiger partial charge in [-0.1, -0.05) is 16.6 Å². The predicted octanol–water partition coefficient (Wildman–Crippen LogP) is 1.50. The van der Waals surface area contributed by atoms with E-state index < -0.39 is 0 Å². The maximum absolute atomic E-state index is 14.0. The van der Waals surface area contributed by atoms with E-state index in [9.17, 15) is 4.48 Å². The van der Waals surface area contributed by atoms with Crippen LogP contribution in [0.1, 0.15) is 30.0 Å². The highest BCUT2D eigenvalue weighted by Crippen LogP contribution is 2.40. The van der Waals surface area contributed by atoms with Crippen molar-refractivity contribution in [2.45, 2.75) is 18.8 Å². The average Bonchev–Trinajstić information content (AvgIpc) is 3.05. The Morgan fingerprint density at radius 2 is 2.04 bits per heavy atom. The van der Waals surface area contributed by atoms with Crippen molar-refractivity contribution in [3.05, 3.63) is 53.7 Å². The number of amidine groups is 1. The lowest BCUT2D eigenvalue weighted by atomic mass is 10.1. The first-order chi connectivity index (χ1) is 12.3. The van der Waals surface area contributed by atoms with Crippen LogP contribution in [0.15, 0.2) is 47.5 Å². The number of anilines is 1. The number of hydrogen-bond donors (Lipinski definition) is 0. The molecule has 0 atom stereocenters. The summed E-state index contributed by atoms with van der Waals surface area (Å²) in [7, 11) is 0. The van der Waals surface area contributed by atoms with Crippen molar-refractivity contribution in [3.8, 4) is 0 Å². The molecule has 1 aromatic heterocycles. The van der Waals surface area contributed by atoms with E-state index in [0.29, 0.717) is 17.7 Å². The highest BCUT2D eigenvalue weighted by atomic mass is 19.2. The first kappa shape index (κ1) is 13.2. The summed E-state index contributed by atoms with van der Waals surface area (Å²) in [5.41, 5.74) is 2.96. The van der Waals surface area contributed by atoms with Gasteiger partial charge >= 0.3 is 0 Å². The Kier molecular flexibility index (Phi) is 2.38. The number of nitrogens with zero attached hydrogens (tertiary/aromatic N) is 8. The quantitative estimate of drug-likeness (QED) is 0.774. The van der Waals surface area contributed by atoms with Crippen LogP contribution < -0.4 is 10.0 Å². The Hall–Kier alpha value is -3.10. The van der Waals surface area contributed by atoms with Gasteiger partial charge in [-0.3, -0.25) is 0 Å². The molecule has 4 aliphatic rings. The Morgan fingerprint density at radius 3 is 2.92 bits per heavy atom. The molecular formula is C16H15FN8. The molecule has 25 heavy (non-hydrogen) atoms. The molecule has 0 N–H and O–H groups in total. The van der Waals surface area contributed by atoms with Crippen LogP contribution in [-0.4, -0.2) is 44.4 Å². The third-order valence-corrected chi connectivity index (χ3v) is 4.97. The molecule has 126 valence electrons. The molecule has 1 saturated carbocycles. The fraction of sp³-hybridized carbons (Fsp3) is 0.312. The van der Waals surface area contributed by atoms with Gasteiger partial charge < -0.3 is 4.90 Å². The van der Waals surface area contributed by atoms with Crippen LogP contribution in [0.4, 0.5) is 10.2 Å². The number of aliphatic imine (C=N–C) groups is 1. The molecule has 0 spiro atoms. The fourth-order valence-corrected chi connectivity index (χ4v) is 3.61. The van der Waals surface area contributed by atoms with Gasteiger partial charge in [0.1, 0.15) is 6.67 Å². The number of rotatable bonds is 2. The van der Waals surface area contributed by atoms with E-state index in [4.69, 9.17) is 0 Å². The zero-order chi connectivity index (χ0) is 16.5. The second-order valence-corrected chi connectivity index (χ2v) is 6.62. The molecule has 0 amide bonds. The van der Waals surface area contributed by atoms with Crippen molar-refractivity contribution >= 4 is 11.5 Å². The second kappa shape index (κ2) is 4.50. The van der Waals surface area contributed by atoms with Gasteiger partial charge in [0, 0.05) is 11.5 Å². The van der Waals surface area contributed by atoms with Crippen LogP contribution in [0.3, 0.4) is 0 Å². The maximum Gasteiger partial charge on any atom is 0.162 e. The number of fused-ring (bicyclic) bond motifs is 6. The second-order valence-electron chi connectivity index (χ2n) is 6.62. The predicted molar refractivity (Wildman–Crippen MR) is 88.3 cm³/mol. The van der Waals surface area contributed by atoms with E-state index in [0.717, 1.165) is 28.6 Å². The third-order valence-electron chi connectivity index (χ3n) is 4.97. The number of aromatic nitrogens is 3. The minimum Gasteiger partial charge on any atom is -0.303 e. The van der Waals surface area contributed by atoms with Crippen LogP contribution in [0.25, 0.3) is 0 Å². The van der Waals surface area contributed by atoms with Crippen LogP contribution in [0.2, 0.25) is 0 Å². The van der Waals surface area contributed by atoms with E-state index in [1.807, 2.05) is 45.5 Å². The van der Waals surface area contributed by atoms with Gasteiger partial charge in [0.25, 0.3) is 0 Å². The molecule has 4 heterocycles. The largest absolute Gasteiger partial charge is 0.303 e. The minimum atomic E-state index is 0.161. The van der Waals surface area contributed by atoms with Crippen molar-refractivity contribution in [1.29, 1.82) is 0 Å². The van der Waals surface area contributed by atoms with Gasteiger partial charge in [0.2, 0.25) is 0 Å². The zero-order valence-electron chi connectivity index (χ0n) is 13.3.